The van der Waals surface area contributed by atoms with Crippen LogP contribution in [-0.2, 0) is 4.79 Å². The van der Waals surface area contributed by atoms with Gasteiger partial charge in [-0.25, -0.2) is 0 Å². The molecule has 2 amide bonds. The number of carbonyl (C=O) groups is 2. The van der Waals surface area contributed by atoms with Gasteiger partial charge in [0.15, 0.2) is 12.4 Å². The van der Waals surface area contributed by atoms with Crippen LogP contribution in [0.1, 0.15) is 24.2 Å². The summed E-state index contributed by atoms with van der Waals surface area (Å²) in [5.74, 6) is -0.525. The van der Waals surface area contributed by atoms with Gasteiger partial charge in [0, 0.05) is 12.6 Å². The molecule has 0 aromatic heterocycles. The van der Waals surface area contributed by atoms with E-state index in [9.17, 15) is 19.7 Å². The molecule has 142 valence electrons. The SMILES string of the molecule is CC(C)CNC(=O)c1ccccc1NC(=O)COc1ccccc1[N+](=O)[O-]. The average molecular weight is 371 g/mol. The standard InChI is InChI=1S/C19H21N3O5/c1-13(2)11-20-19(24)14-7-3-4-8-15(14)21-18(23)12-27-17-10-6-5-9-16(17)22(25)26/h3-10,13H,11-12H2,1-2H3,(H,20,24)(H,21,23). The Labute approximate surface area is 156 Å². The molecule has 0 radical (unpaired) electrons. The number of para-hydroxylation sites is 3. The second kappa shape index (κ2) is 9.33. The molecule has 8 heteroatoms. The van der Waals surface area contributed by atoms with Crippen molar-refractivity contribution < 1.29 is 19.2 Å². The van der Waals surface area contributed by atoms with Crippen molar-refractivity contribution in [3.63, 3.8) is 0 Å². The number of nitro benzene ring substituents is 1. The second-order valence-electron chi connectivity index (χ2n) is 6.21. The first kappa shape index (κ1) is 19.9. The van der Waals surface area contributed by atoms with Crippen molar-refractivity contribution in [1.29, 1.82) is 0 Å². The fourth-order valence-corrected chi connectivity index (χ4v) is 2.24. The summed E-state index contributed by atoms with van der Waals surface area (Å²) in [5, 5.41) is 16.4. The Kier molecular flexibility index (Phi) is 6.87. The van der Waals surface area contributed by atoms with Crippen molar-refractivity contribution in [2.24, 2.45) is 5.92 Å². The maximum absolute atomic E-state index is 12.3. The summed E-state index contributed by atoms with van der Waals surface area (Å²) in [6, 6.07) is 12.4. The van der Waals surface area contributed by atoms with Crippen LogP contribution in [0.15, 0.2) is 48.5 Å². The minimum absolute atomic E-state index is 0.000566. The molecule has 2 aromatic rings. The van der Waals surface area contributed by atoms with E-state index in [1.54, 1.807) is 30.3 Å². The Bertz CT molecular complexity index is 836. The second-order valence-corrected chi connectivity index (χ2v) is 6.21. The van der Waals surface area contributed by atoms with E-state index in [0.717, 1.165) is 0 Å². The van der Waals surface area contributed by atoms with Gasteiger partial charge >= 0.3 is 5.69 Å². The lowest BCUT2D eigenvalue weighted by molar-refractivity contribution is -0.385. The van der Waals surface area contributed by atoms with Crippen LogP contribution in [0.5, 0.6) is 5.75 Å². The third kappa shape index (κ3) is 5.81. The summed E-state index contributed by atoms with van der Waals surface area (Å²) in [7, 11) is 0. The molecule has 0 heterocycles. The zero-order valence-electron chi connectivity index (χ0n) is 15.1. The van der Waals surface area contributed by atoms with Gasteiger partial charge in [-0.2, -0.15) is 0 Å². The van der Waals surface area contributed by atoms with E-state index in [0.29, 0.717) is 23.7 Å². The first-order valence-corrected chi connectivity index (χ1v) is 8.41. The zero-order valence-corrected chi connectivity index (χ0v) is 15.1. The average Bonchev–Trinajstić information content (AvgIpc) is 2.65. The molecule has 0 spiro atoms. The van der Waals surface area contributed by atoms with Crippen LogP contribution in [0.4, 0.5) is 11.4 Å². The highest BCUT2D eigenvalue weighted by atomic mass is 16.6. The third-order valence-corrected chi connectivity index (χ3v) is 3.54. The number of hydrogen-bond donors (Lipinski definition) is 2. The van der Waals surface area contributed by atoms with Gasteiger partial charge in [-0.05, 0) is 24.1 Å². The lowest BCUT2D eigenvalue weighted by atomic mass is 10.1. The number of nitrogens with one attached hydrogen (secondary N) is 2. The molecule has 2 N–H and O–H groups in total. The van der Waals surface area contributed by atoms with E-state index < -0.39 is 17.4 Å². The molecule has 0 atom stereocenters. The number of hydrogen-bond acceptors (Lipinski definition) is 5. The van der Waals surface area contributed by atoms with Crippen LogP contribution >= 0.6 is 0 Å². The van der Waals surface area contributed by atoms with Gasteiger partial charge < -0.3 is 15.4 Å². The summed E-state index contributed by atoms with van der Waals surface area (Å²) in [6.45, 7) is 4.05. The molecule has 2 rings (SSSR count). The minimum Gasteiger partial charge on any atom is -0.477 e. The molecule has 0 saturated carbocycles. The minimum atomic E-state index is -0.582. The lowest BCUT2D eigenvalue weighted by Crippen LogP contribution is -2.29. The highest BCUT2D eigenvalue weighted by Gasteiger charge is 2.16. The molecular weight excluding hydrogens is 350 g/mol. The summed E-state index contributed by atoms with van der Waals surface area (Å²) in [5.41, 5.74) is 0.450. The van der Waals surface area contributed by atoms with Gasteiger partial charge in [-0.15, -0.1) is 0 Å². The highest BCUT2D eigenvalue weighted by Crippen LogP contribution is 2.25. The number of benzene rings is 2. The van der Waals surface area contributed by atoms with Crippen LogP contribution in [-0.4, -0.2) is 29.9 Å². The first-order chi connectivity index (χ1) is 12.9. The lowest BCUT2D eigenvalue weighted by Gasteiger charge is -2.13. The molecule has 0 fully saturated rings. The molecule has 0 unspecified atom stereocenters. The number of carbonyl (C=O) groups excluding carboxylic acids is 2. The van der Waals surface area contributed by atoms with Gasteiger partial charge in [-0.3, -0.25) is 19.7 Å². The molecule has 0 saturated heterocycles. The van der Waals surface area contributed by atoms with Crippen LogP contribution in [0.3, 0.4) is 0 Å². The maximum Gasteiger partial charge on any atom is 0.310 e. The summed E-state index contributed by atoms with van der Waals surface area (Å²) in [4.78, 5) is 34.8. The molecule has 0 bridgehead atoms. The van der Waals surface area contributed by atoms with Gasteiger partial charge in [0.05, 0.1) is 16.2 Å². The summed E-state index contributed by atoms with van der Waals surface area (Å²) in [6.07, 6.45) is 0. The number of amides is 2. The van der Waals surface area contributed by atoms with E-state index in [-0.39, 0.29) is 17.3 Å². The molecule has 27 heavy (non-hydrogen) atoms. The van der Waals surface area contributed by atoms with Gasteiger partial charge in [-0.1, -0.05) is 38.1 Å². The molecular formula is C19H21N3O5. The van der Waals surface area contributed by atoms with Gasteiger partial charge in [0.25, 0.3) is 11.8 Å². The van der Waals surface area contributed by atoms with E-state index in [4.69, 9.17) is 4.74 Å². The molecule has 2 aromatic carbocycles. The highest BCUT2D eigenvalue weighted by molar-refractivity contribution is 6.04. The van der Waals surface area contributed by atoms with Crippen molar-refractivity contribution >= 4 is 23.2 Å². The van der Waals surface area contributed by atoms with Gasteiger partial charge in [0.1, 0.15) is 0 Å². The smallest absolute Gasteiger partial charge is 0.310 e. The largest absolute Gasteiger partial charge is 0.477 e. The Morgan fingerprint density at radius 1 is 1.11 bits per heavy atom. The predicted octanol–water partition coefficient (Wildman–Crippen LogP) is 3.00. The van der Waals surface area contributed by atoms with E-state index in [1.807, 2.05) is 13.8 Å². The molecule has 0 aliphatic heterocycles. The number of nitrogens with zero attached hydrogens (tertiary/aromatic N) is 1. The van der Waals surface area contributed by atoms with Crippen molar-refractivity contribution in [1.82, 2.24) is 5.32 Å². The fourth-order valence-electron chi connectivity index (χ4n) is 2.24. The molecule has 0 aliphatic rings. The van der Waals surface area contributed by atoms with Crippen molar-refractivity contribution in [2.75, 3.05) is 18.5 Å². The predicted molar refractivity (Wildman–Crippen MR) is 101 cm³/mol. The normalized spacial score (nSPS) is 10.3. The van der Waals surface area contributed by atoms with E-state index in [2.05, 4.69) is 10.6 Å². The Hall–Kier alpha value is -3.42. The Balaban J connectivity index is 2.02. The number of ether oxygens (including phenoxy) is 1. The topological polar surface area (TPSA) is 111 Å². The Morgan fingerprint density at radius 2 is 1.78 bits per heavy atom. The molecule has 8 nitrogen and oxygen atoms in total. The zero-order chi connectivity index (χ0) is 19.8. The van der Waals surface area contributed by atoms with Crippen LogP contribution < -0.4 is 15.4 Å². The third-order valence-electron chi connectivity index (χ3n) is 3.54. The van der Waals surface area contributed by atoms with Crippen LogP contribution in [0, 0.1) is 16.0 Å². The molecule has 0 aliphatic carbocycles. The van der Waals surface area contributed by atoms with Crippen LogP contribution in [0.25, 0.3) is 0 Å². The van der Waals surface area contributed by atoms with Crippen molar-refractivity contribution in [3.8, 4) is 5.75 Å². The quantitative estimate of drug-likeness (QED) is 0.547. The van der Waals surface area contributed by atoms with Gasteiger partial charge in [0.2, 0.25) is 0 Å². The van der Waals surface area contributed by atoms with E-state index >= 15 is 0 Å². The number of nitro groups is 1. The monoisotopic (exact) mass is 371 g/mol. The fraction of sp³-hybridized carbons (Fsp3) is 0.263. The summed E-state index contributed by atoms with van der Waals surface area (Å²) < 4.78 is 5.26. The van der Waals surface area contributed by atoms with Crippen LogP contribution in [0.2, 0.25) is 0 Å². The number of rotatable bonds is 8. The maximum atomic E-state index is 12.3. The first-order valence-electron chi connectivity index (χ1n) is 8.41. The van der Waals surface area contributed by atoms with Crippen molar-refractivity contribution in [2.45, 2.75) is 13.8 Å². The van der Waals surface area contributed by atoms with Crippen molar-refractivity contribution in [3.05, 3.63) is 64.2 Å². The number of anilines is 1. The summed E-state index contributed by atoms with van der Waals surface area (Å²) >= 11 is 0. The Morgan fingerprint density at radius 3 is 2.48 bits per heavy atom. The van der Waals surface area contributed by atoms with E-state index in [1.165, 1.54) is 18.2 Å².